The number of furan rings is 2. The molecule has 0 radical (unpaired) electrons. The van der Waals surface area contributed by atoms with Crippen LogP contribution in [0.25, 0.3) is 10.9 Å². The van der Waals surface area contributed by atoms with E-state index >= 15 is 0 Å². The van der Waals surface area contributed by atoms with Gasteiger partial charge in [-0.2, -0.15) is 0 Å². The molecule has 0 saturated carbocycles. The Balaban J connectivity index is 1.54. The van der Waals surface area contributed by atoms with Gasteiger partial charge in [-0.25, -0.2) is 4.68 Å². The first-order chi connectivity index (χ1) is 17.0. The number of aryl methyl sites for hydroxylation is 1. The maximum atomic E-state index is 13.0. The highest BCUT2D eigenvalue weighted by atomic mass is 16.3. The Kier molecular flexibility index (Phi) is 6.33. The second-order valence-electron chi connectivity index (χ2n) is 9.16. The number of benzene rings is 1. The van der Waals surface area contributed by atoms with Gasteiger partial charge in [0.15, 0.2) is 5.82 Å². The van der Waals surface area contributed by atoms with Gasteiger partial charge >= 0.3 is 0 Å². The van der Waals surface area contributed by atoms with Crippen molar-refractivity contribution in [1.82, 2.24) is 30.1 Å². The number of hydrogen-bond acceptors (Lipinski definition) is 7. The number of pyridine rings is 1. The molecule has 5 rings (SSSR count). The fourth-order valence-corrected chi connectivity index (χ4v) is 4.53. The smallest absolute Gasteiger partial charge is 0.252 e. The first kappa shape index (κ1) is 22.8. The van der Waals surface area contributed by atoms with Gasteiger partial charge in [0.05, 0.1) is 25.1 Å². The molecule has 0 fully saturated rings. The first-order valence-electron chi connectivity index (χ1n) is 11.7. The van der Waals surface area contributed by atoms with Crippen molar-refractivity contribution in [2.75, 3.05) is 0 Å². The van der Waals surface area contributed by atoms with Crippen molar-refractivity contribution in [2.24, 2.45) is 5.92 Å². The molecule has 180 valence electrons. The van der Waals surface area contributed by atoms with Gasteiger partial charge in [0.25, 0.3) is 5.56 Å². The standard InChI is InChI=1S/C26H28N6O3/c1-17(2)24(25-28-29-30-32(25)16-22-7-5-11-35-22)31(15-21-6-4-10-34-21)14-20-13-19-12-18(3)8-9-23(19)27-26(20)33/h4-13,17,24H,14-16H2,1-3H3,(H,27,33)/t24-/m0/s1. The summed E-state index contributed by atoms with van der Waals surface area (Å²) in [4.78, 5) is 18.3. The number of hydrogen-bond donors (Lipinski definition) is 1. The maximum absolute atomic E-state index is 13.0. The molecular weight excluding hydrogens is 444 g/mol. The van der Waals surface area contributed by atoms with Crippen molar-refractivity contribution in [1.29, 1.82) is 0 Å². The molecule has 0 aliphatic carbocycles. The fourth-order valence-electron chi connectivity index (χ4n) is 4.53. The van der Waals surface area contributed by atoms with Gasteiger partial charge in [-0.1, -0.05) is 25.5 Å². The molecule has 35 heavy (non-hydrogen) atoms. The second-order valence-corrected chi connectivity index (χ2v) is 9.16. The molecular formula is C26H28N6O3. The summed E-state index contributed by atoms with van der Waals surface area (Å²) in [7, 11) is 0. The summed E-state index contributed by atoms with van der Waals surface area (Å²) in [5.74, 6) is 2.41. The minimum atomic E-state index is -0.183. The minimum Gasteiger partial charge on any atom is -0.468 e. The van der Waals surface area contributed by atoms with Crippen molar-refractivity contribution in [3.8, 4) is 0 Å². The molecule has 9 nitrogen and oxygen atoms in total. The molecule has 1 N–H and O–H groups in total. The monoisotopic (exact) mass is 472 g/mol. The van der Waals surface area contributed by atoms with E-state index in [0.717, 1.165) is 28.0 Å². The average Bonchev–Trinajstić information content (AvgIpc) is 3.59. The Morgan fingerprint density at radius 1 is 1.03 bits per heavy atom. The van der Waals surface area contributed by atoms with Crippen LogP contribution in [0.15, 0.2) is 74.7 Å². The predicted molar refractivity (Wildman–Crippen MR) is 130 cm³/mol. The van der Waals surface area contributed by atoms with E-state index < -0.39 is 0 Å². The van der Waals surface area contributed by atoms with Gasteiger partial charge in [0.1, 0.15) is 18.1 Å². The lowest BCUT2D eigenvalue weighted by Crippen LogP contribution is -2.35. The molecule has 0 amide bonds. The third-order valence-corrected chi connectivity index (χ3v) is 6.12. The Hall–Kier alpha value is -3.98. The van der Waals surface area contributed by atoms with Gasteiger partial charge in [-0.15, -0.1) is 5.10 Å². The van der Waals surface area contributed by atoms with E-state index in [1.54, 1.807) is 17.2 Å². The zero-order chi connectivity index (χ0) is 24.4. The summed E-state index contributed by atoms with van der Waals surface area (Å²) < 4.78 is 13.0. The molecule has 4 heterocycles. The molecule has 0 aliphatic rings. The summed E-state index contributed by atoms with van der Waals surface area (Å²) >= 11 is 0. The average molecular weight is 473 g/mol. The van der Waals surface area contributed by atoms with E-state index in [1.807, 2.05) is 49.4 Å². The molecule has 0 aliphatic heterocycles. The topological polar surface area (TPSA) is 106 Å². The van der Waals surface area contributed by atoms with Crippen molar-refractivity contribution in [2.45, 2.75) is 46.4 Å². The third kappa shape index (κ3) is 4.95. The number of rotatable bonds is 9. The number of H-pyrrole nitrogens is 1. The Morgan fingerprint density at radius 3 is 2.51 bits per heavy atom. The van der Waals surface area contributed by atoms with Crippen LogP contribution >= 0.6 is 0 Å². The lowest BCUT2D eigenvalue weighted by Gasteiger charge is -2.32. The number of nitrogens with one attached hydrogen (secondary N) is 1. The fraction of sp³-hybridized carbons (Fsp3) is 0.308. The van der Waals surface area contributed by atoms with Crippen LogP contribution in [0, 0.1) is 12.8 Å². The largest absolute Gasteiger partial charge is 0.468 e. The minimum absolute atomic E-state index is 0.108. The van der Waals surface area contributed by atoms with E-state index in [0.29, 0.717) is 31.0 Å². The van der Waals surface area contributed by atoms with Crippen LogP contribution in [0.2, 0.25) is 0 Å². The van der Waals surface area contributed by atoms with E-state index in [4.69, 9.17) is 8.83 Å². The van der Waals surface area contributed by atoms with Gasteiger partial charge in [0.2, 0.25) is 0 Å². The van der Waals surface area contributed by atoms with Crippen LogP contribution in [0.3, 0.4) is 0 Å². The van der Waals surface area contributed by atoms with E-state index in [1.165, 1.54) is 0 Å². The lowest BCUT2D eigenvalue weighted by molar-refractivity contribution is 0.116. The van der Waals surface area contributed by atoms with Gasteiger partial charge in [-0.05, 0) is 71.1 Å². The van der Waals surface area contributed by atoms with Crippen molar-refractivity contribution in [3.05, 3.63) is 99.9 Å². The molecule has 1 aromatic carbocycles. The molecule has 0 spiro atoms. The quantitative estimate of drug-likeness (QED) is 0.338. The Labute approximate surface area is 202 Å². The molecule has 4 aromatic heterocycles. The number of aromatic amines is 1. The van der Waals surface area contributed by atoms with Crippen LogP contribution in [0.1, 0.15) is 48.4 Å². The Bertz CT molecular complexity index is 1450. The van der Waals surface area contributed by atoms with Crippen LogP contribution in [0.5, 0.6) is 0 Å². The summed E-state index contributed by atoms with van der Waals surface area (Å²) in [5.41, 5.74) is 2.53. The Morgan fingerprint density at radius 2 is 1.80 bits per heavy atom. The molecule has 0 bridgehead atoms. The van der Waals surface area contributed by atoms with E-state index in [-0.39, 0.29) is 17.5 Å². The first-order valence-corrected chi connectivity index (χ1v) is 11.7. The van der Waals surface area contributed by atoms with Crippen LogP contribution < -0.4 is 5.56 Å². The normalized spacial score (nSPS) is 12.7. The number of tetrazole rings is 1. The second kappa shape index (κ2) is 9.71. The molecule has 0 unspecified atom stereocenters. The lowest BCUT2D eigenvalue weighted by atomic mass is 10.00. The molecule has 0 saturated heterocycles. The highest BCUT2D eigenvalue weighted by Gasteiger charge is 2.30. The SMILES string of the molecule is Cc1ccc2[nH]c(=O)c(CN(Cc3ccco3)[C@H](c3nnnn3Cc3ccco3)C(C)C)cc2c1. The predicted octanol–water partition coefficient (Wildman–Crippen LogP) is 4.46. The third-order valence-electron chi connectivity index (χ3n) is 6.12. The highest BCUT2D eigenvalue weighted by Crippen LogP contribution is 2.30. The van der Waals surface area contributed by atoms with Gasteiger partial charge in [0, 0.05) is 17.6 Å². The number of fused-ring (bicyclic) bond motifs is 1. The zero-order valence-electron chi connectivity index (χ0n) is 20.0. The number of aromatic nitrogens is 5. The number of nitrogens with zero attached hydrogens (tertiary/aromatic N) is 5. The maximum Gasteiger partial charge on any atom is 0.252 e. The molecule has 9 heteroatoms. The summed E-state index contributed by atoms with van der Waals surface area (Å²) in [6, 6.07) is 15.3. The molecule has 1 atom stereocenters. The zero-order valence-corrected chi connectivity index (χ0v) is 20.0. The van der Waals surface area contributed by atoms with Crippen LogP contribution in [0.4, 0.5) is 0 Å². The van der Waals surface area contributed by atoms with Crippen molar-refractivity contribution in [3.63, 3.8) is 0 Å². The van der Waals surface area contributed by atoms with Crippen LogP contribution in [-0.2, 0) is 19.6 Å². The summed E-state index contributed by atoms with van der Waals surface area (Å²) in [6.07, 6.45) is 3.29. The van der Waals surface area contributed by atoms with Crippen molar-refractivity contribution >= 4 is 10.9 Å². The van der Waals surface area contributed by atoms with Crippen molar-refractivity contribution < 1.29 is 8.83 Å². The van der Waals surface area contributed by atoms with Gasteiger partial charge < -0.3 is 13.8 Å². The van der Waals surface area contributed by atoms with Crippen LogP contribution in [-0.4, -0.2) is 30.1 Å². The summed E-state index contributed by atoms with van der Waals surface area (Å²) in [5, 5.41) is 13.6. The molecule has 5 aromatic rings. The van der Waals surface area contributed by atoms with E-state index in [9.17, 15) is 4.79 Å². The van der Waals surface area contributed by atoms with E-state index in [2.05, 4.69) is 45.3 Å². The highest BCUT2D eigenvalue weighted by molar-refractivity contribution is 5.79. The summed E-state index contributed by atoms with van der Waals surface area (Å²) in [6.45, 7) is 7.61. The van der Waals surface area contributed by atoms with Gasteiger partial charge in [-0.3, -0.25) is 9.69 Å².